The van der Waals surface area contributed by atoms with Gasteiger partial charge < -0.3 is 9.42 Å². The van der Waals surface area contributed by atoms with Crippen LogP contribution in [0.5, 0.6) is 0 Å². The van der Waals surface area contributed by atoms with Gasteiger partial charge in [-0.3, -0.25) is 9.52 Å². The van der Waals surface area contributed by atoms with Gasteiger partial charge in [-0.1, -0.05) is 11.2 Å². The van der Waals surface area contributed by atoms with E-state index in [0.717, 1.165) is 0 Å². The maximum absolute atomic E-state index is 12.6. The molecule has 0 fully saturated rings. The summed E-state index contributed by atoms with van der Waals surface area (Å²) in [6.07, 6.45) is -4.75. The van der Waals surface area contributed by atoms with Crippen molar-refractivity contribution in [2.45, 2.75) is 31.0 Å². The van der Waals surface area contributed by atoms with Crippen LogP contribution in [0.1, 0.15) is 16.9 Å². The predicted molar refractivity (Wildman–Crippen MR) is 83.7 cm³/mol. The van der Waals surface area contributed by atoms with E-state index < -0.39 is 22.1 Å². The lowest BCUT2D eigenvalue weighted by Gasteiger charge is -2.29. The highest BCUT2D eigenvalue weighted by molar-refractivity contribution is 7.92. The lowest BCUT2D eigenvalue weighted by molar-refractivity contribution is -0.186. The summed E-state index contributed by atoms with van der Waals surface area (Å²) in [5.41, 5.74) is 1.06. The Labute approximate surface area is 146 Å². The molecule has 0 radical (unpaired) electrons. The van der Waals surface area contributed by atoms with Gasteiger partial charge in [-0.15, -0.1) is 0 Å². The van der Waals surface area contributed by atoms with E-state index in [1.807, 2.05) is 0 Å². The molecule has 11 heteroatoms. The maximum atomic E-state index is 12.6. The lowest BCUT2D eigenvalue weighted by Crippen LogP contribution is -2.43. The Morgan fingerprint density at radius 2 is 2.00 bits per heavy atom. The number of anilines is 1. The van der Waals surface area contributed by atoms with Gasteiger partial charge in [0.2, 0.25) is 0 Å². The Hall–Kier alpha value is -2.56. The van der Waals surface area contributed by atoms with Crippen molar-refractivity contribution in [3.8, 4) is 0 Å². The predicted octanol–water partition coefficient (Wildman–Crippen LogP) is 2.23. The van der Waals surface area contributed by atoms with Crippen LogP contribution >= 0.6 is 0 Å². The summed E-state index contributed by atoms with van der Waals surface area (Å²) in [4.78, 5) is 11.9. The van der Waals surface area contributed by atoms with E-state index in [1.54, 1.807) is 6.92 Å². The Morgan fingerprint density at radius 3 is 2.62 bits per heavy atom. The molecule has 1 amide bonds. The van der Waals surface area contributed by atoms with E-state index in [1.165, 1.54) is 24.3 Å². The number of aromatic nitrogens is 1. The van der Waals surface area contributed by atoms with Gasteiger partial charge in [0.15, 0.2) is 5.82 Å². The lowest BCUT2D eigenvalue weighted by atomic mass is 10.00. The van der Waals surface area contributed by atoms with Crippen molar-refractivity contribution in [1.82, 2.24) is 10.1 Å². The van der Waals surface area contributed by atoms with Crippen LogP contribution in [0, 0.1) is 6.92 Å². The second kappa shape index (κ2) is 6.31. The fourth-order valence-electron chi connectivity index (χ4n) is 2.66. The first-order chi connectivity index (χ1) is 12.1. The van der Waals surface area contributed by atoms with E-state index in [4.69, 9.17) is 4.52 Å². The number of alkyl halides is 3. The number of sulfonamides is 1. The number of halogens is 3. The van der Waals surface area contributed by atoms with Crippen LogP contribution in [0.4, 0.5) is 19.0 Å². The topological polar surface area (TPSA) is 92.5 Å². The SMILES string of the molecule is Cc1cc(NS(=O)(=O)c2ccc3c(c2)CN(C(=O)C(F)(F)F)CC3)no1. The molecule has 3 rings (SSSR count). The third kappa shape index (κ3) is 3.66. The highest BCUT2D eigenvalue weighted by Gasteiger charge is 2.43. The van der Waals surface area contributed by atoms with Gasteiger partial charge in [-0.05, 0) is 36.6 Å². The van der Waals surface area contributed by atoms with Gasteiger partial charge in [0, 0.05) is 19.2 Å². The van der Waals surface area contributed by atoms with E-state index in [2.05, 4.69) is 9.88 Å². The molecule has 0 saturated carbocycles. The van der Waals surface area contributed by atoms with Crippen molar-refractivity contribution in [1.29, 1.82) is 0 Å². The zero-order chi connectivity index (χ0) is 19.1. The molecule has 140 valence electrons. The second-order valence-electron chi connectivity index (χ2n) is 5.83. The molecule has 2 heterocycles. The molecule has 0 unspecified atom stereocenters. The van der Waals surface area contributed by atoms with Crippen molar-refractivity contribution < 1.29 is 30.9 Å². The third-order valence-electron chi connectivity index (χ3n) is 3.90. The highest BCUT2D eigenvalue weighted by Crippen LogP contribution is 2.27. The van der Waals surface area contributed by atoms with Crippen molar-refractivity contribution in [3.05, 3.63) is 41.2 Å². The fourth-order valence-corrected chi connectivity index (χ4v) is 3.70. The third-order valence-corrected chi connectivity index (χ3v) is 5.25. The molecular formula is C15H14F3N3O4S. The minimum absolute atomic E-state index is 0.00547. The van der Waals surface area contributed by atoms with Gasteiger partial charge in [-0.2, -0.15) is 13.2 Å². The zero-order valence-corrected chi connectivity index (χ0v) is 14.3. The average molecular weight is 389 g/mol. The quantitative estimate of drug-likeness (QED) is 0.869. The monoisotopic (exact) mass is 389 g/mol. The molecule has 0 spiro atoms. The molecular weight excluding hydrogens is 375 g/mol. The Kier molecular flexibility index (Phi) is 4.42. The molecule has 1 aliphatic heterocycles. The van der Waals surface area contributed by atoms with Crippen LogP contribution in [-0.2, 0) is 27.8 Å². The van der Waals surface area contributed by atoms with Crippen LogP contribution in [0.3, 0.4) is 0 Å². The van der Waals surface area contributed by atoms with Gasteiger partial charge >= 0.3 is 12.1 Å². The van der Waals surface area contributed by atoms with Crippen LogP contribution in [-0.4, -0.2) is 37.1 Å². The summed E-state index contributed by atoms with van der Waals surface area (Å²) in [5.74, 6) is -1.53. The van der Waals surface area contributed by atoms with E-state index >= 15 is 0 Å². The average Bonchev–Trinajstić information content (AvgIpc) is 2.96. The first-order valence-corrected chi connectivity index (χ1v) is 8.98. The minimum atomic E-state index is -4.96. The maximum Gasteiger partial charge on any atom is 0.471 e. The van der Waals surface area contributed by atoms with Gasteiger partial charge in [0.1, 0.15) is 5.76 Å². The molecule has 1 aromatic heterocycles. The number of hydrogen-bond acceptors (Lipinski definition) is 5. The largest absolute Gasteiger partial charge is 0.471 e. The number of nitrogens with one attached hydrogen (secondary N) is 1. The van der Waals surface area contributed by atoms with E-state index in [9.17, 15) is 26.4 Å². The fraction of sp³-hybridized carbons (Fsp3) is 0.333. The van der Waals surface area contributed by atoms with E-state index in [0.29, 0.717) is 21.8 Å². The van der Waals surface area contributed by atoms with Crippen LogP contribution in [0.15, 0.2) is 33.7 Å². The number of nitrogens with zero attached hydrogens (tertiary/aromatic N) is 2. The van der Waals surface area contributed by atoms with Crippen molar-refractivity contribution in [3.63, 3.8) is 0 Å². The van der Waals surface area contributed by atoms with Crippen molar-refractivity contribution >= 4 is 21.7 Å². The Bertz CT molecular complexity index is 953. The number of carbonyl (C=O) groups excluding carboxylic acids is 1. The smallest absolute Gasteiger partial charge is 0.360 e. The molecule has 0 aliphatic carbocycles. The second-order valence-corrected chi connectivity index (χ2v) is 7.52. The summed E-state index contributed by atoms with van der Waals surface area (Å²) in [6.45, 7) is 1.21. The molecule has 1 aliphatic rings. The van der Waals surface area contributed by atoms with Crippen molar-refractivity contribution in [2.75, 3.05) is 11.3 Å². The summed E-state index contributed by atoms with van der Waals surface area (Å²) in [7, 11) is -4.00. The summed E-state index contributed by atoms with van der Waals surface area (Å²) >= 11 is 0. The van der Waals surface area contributed by atoms with E-state index in [-0.39, 0.29) is 30.2 Å². The van der Waals surface area contributed by atoms with Crippen LogP contribution < -0.4 is 4.72 Å². The molecule has 7 nitrogen and oxygen atoms in total. The first-order valence-electron chi connectivity index (χ1n) is 7.50. The van der Waals surface area contributed by atoms with Crippen molar-refractivity contribution in [2.24, 2.45) is 0 Å². The number of hydrogen-bond donors (Lipinski definition) is 1. The molecule has 1 aromatic carbocycles. The first kappa shape index (κ1) is 18.2. The Balaban J connectivity index is 1.85. The van der Waals surface area contributed by atoms with Crippen LogP contribution in [0.2, 0.25) is 0 Å². The standard InChI is InChI=1S/C15H14F3N3O4S/c1-9-6-13(19-25-9)20-26(23,24)12-3-2-10-4-5-21(8-11(10)7-12)14(22)15(16,17)18/h2-3,6-7H,4-5,8H2,1H3,(H,19,20). The number of rotatable bonds is 3. The minimum Gasteiger partial charge on any atom is -0.360 e. The molecule has 0 bridgehead atoms. The van der Waals surface area contributed by atoms with Gasteiger partial charge in [0.05, 0.1) is 4.90 Å². The molecule has 1 N–H and O–H groups in total. The molecule has 26 heavy (non-hydrogen) atoms. The highest BCUT2D eigenvalue weighted by atomic mass is 32.2. The number of amides is 1. The zero-order valence-electron chi connectivity index (χ0n) is 13.5. The molecule has 0 atom stereocenters. The number of benzene rings is 1. The number of fused-ring (bicyclic) bond motifs is 1. The van der Waals surface area contributed by atoms with Gasteiger partial charge in [-0.25, -0.2) is 8.42 Å². The Morgan fingerprint density at radius 1 is 1.27 bits per heavy atom. The normalized spacial score (nSPS) is 14.8. The summed E-state index contributed by atoms with van der Waals surface area (Å²) < 4.78 is 69.7. The van der Waals surface area contributed by atoms with Gasteiger partial charge in [0.25, 0.3) is 10.0 Å². The number of aryl methyl sites for hydroxylation is 1. The molecule has 2 aromatic rings. The number of carbonyl (C=O) groups is 1. The summed E-state index contributed by atoms with van der Waals surface area (Å²) in [5, 5.41) is 3.53. The summed E-state index contributed by atoms with van der Waals surface area (Å²) in [6, 6.07) is 5.54. The molecule has 0 saturated heterocycles. The van der Waals surface area contributed by atoms with Crippen LogP contribution in [0.25, 0.3) is 0 Å².